The van der Waals surface area contributed by atoms with Gasteiger partial charge in [-0.15, -0.1) is 12.4 Å². The van der Waals surface area contributed by atoms with Crippen molar-refractivity contribution in [2.75, 3.05) is 19.7 Å². The molecule has 0 aromatic carbocycles. The second kappa shape index (κ2) is 8.65. The molecule has 2 unspecified atom stereocenters. The molecule has 2 aliphatic rings. The molecule has 0 radical (unpaired) electrons. The van der Waals surface area contributed by atoms with Crippen LogP contribution < -0.4 is 5.73 Å². The molecule has 0 aromatic rings. The maximum Gasteiger partial charge on any atom is 0.251 e. The van der Waals surface area contributed by atoms with Crippen LogP contribution in [0.1, 0.15) is 53.4 Å². The second-order valence-electron chi connectivity index (χ2n) is 7.11. The summed E-state index contributed by atoms with van der Waals surface area (Å²) in [6.45, 7) is 10.6. The topological polar surface area (TPSA) is 64.8 Å². The van der Waals surface area contributed by atoms with E-state index in [1.54, 1.807) is 0 Å². The summed E-state index contributed by atoms with van der Waals surface area (Å²) in [5.74, 6) is 0.144. The van der Waals surface area contributed by atoms with E-state index in [0.29, 0.717) is 6.54 Å². The van der Waals surface area contributed by atoms with Crippen LogP contribution in [-0.4, -0.2) is 54.9 Å². The highest BCUT2D eigenvalue weighted by Gasteiger charge is 2.53. The summed E-state index contributed by atoms with van der Waals surface area (Å²) in [6.07, 6.45) is 3.57. The van der Waals surface area contributed by atoms with Gasteiger partial charge in [-0.05, 0) is 32.6 Å². The molecule has 4 atom stereocenters. The lowest BCUT2D eigenvalue weighted by Crippen LogP contribution is -2.64. The Morgan fingerprint density at radius 2 is 2.04 bits per heavy atom. The maximum atomic E-state index is 12.9. The lowest BCUT2D eigenvalue weighted by atomic mass is 9.63. The summed E-state index contributed by atoms with van der Waals surface area (Å²) < 4.78 is 11.6. The van der Waals surface area contributed by atoms with E-state index >= 15 is 0 Å². The monoisotopic (exact) mass is 348 g/mol. The van der Waals surface area contributed by atoms with Gasteiger partial charge in [0.1, 0.15) is 6.10 Å². The van der Waals surface area contributed by atoms with E-state index in [9.17, 15) is 4.79 Å². The minimum absolute atomic E-state index is 0. The van der Waals surface area contributed by atoms with Crippen LogP contribution in [0.2, 0.25) is 0 Å². The summed E-state index contributed by atoms with van der Waals surface area (Å²) in [5.41, 5.74) is 5.66. The summed E-state index contributed by atoms with van der Waals surface area (Å²) in [6, 6.07) is 0.247. The van der Waals surface area contributed by atoms with Crippen LogP contribution in [0.15, 0.2) is 0 Å². The Hall–Kier alpha value is -0.360. The Morgan fingerprint density at radius 1 is 1.35 bits per heavy atom. The van der Waals surface area contributed by atoms with E-state index in [2.05, 4.69) is 20.8 Å². The van der Waals surface area contributed by atoms with Crippen molar-refractivity contribution in [1.29, 1.82) is 0 Å². The van der Waals surface area contributed by atoms with Crippen LogP contribution in [0.4, 0.5) is 0 Å². The zero-order chi connectivity index (χ0) is 16.3. The largest absolute Gasteiger partial charge is 0.378 e. The Balaban J connectivity index is 0.00000264. The van der Waals surface area contributed by atoms with Crippen molar-refractivity contribution in [2.24, 2.45) is 11.1 Å². The van der Waals surface area contributed by atoms with Gasteiger partial charge in [-0.3, -0.25) is 4.79 Å². The third-order valence-electron chi connectivity index (χ3n) is 5.26. The van der Waals surface area contributed by atoms with E-state index in [0.717, 1.165) is 38.8 Å². The van der Waals surface area contributed by atoms with Crippen molar-refractivity contribution < 1.29 is 14.3 Å². The molecule has 1 saturated carbocycles. The van der Waals surface area contributed by atoms with E-state index in [1.807, 2.05) is 11.8 Å². The molecule has 0 bridgehead atoms. The van der Waals surface area contributed by atoms with E-state index in [4.69, 9.17) is 15.2 Å². The average molecular weight is 349 g/mol. The Morgan fingerprint density at radius 3 is 2.52 bits per heavy atom. The number of ether oxygens (including phenoxy) is 2. The predicted molar refractivity (Wildman–Crippen MR) is 93.8 cm³/mol. The lowest BCUT2D eigenvalue weighted by molar-refractivity contribution is -0.174. The van der Waals surface area contributed by atoms with Crippen LogP contribution in [-0.2, 0) is 14.3 Å². The van der Waals surface area contributed by atoms with Crippen molar-refractivity contribution in [2.45, 2.75) is 77.7 Å². The molecule has 2 fully saturated rings. The Kier molecular flexibility index (Phi) is 7.78. The zero-order valence-electron chi connectivity index (χ0n) is 14.9. The molecule has 1 heterocycles. The third kappa shape index (κ3) is 4.19. The number of hydrogen-bond donors (Lipinski definition) is 1. The molecule has 1 aliphatic carbocycles. The van der Waals surface area contributed by atoms with E-state index in [-0.39, 0.29) is 48.1 Å². The van der Waals surface area contributed by atoms with Gasteiger partial charge in [-0.1, -0.05) is 20.8 Å². The van der Waals surface area contributed by atoms with Crippen LogP contribution in [0.5, 0.6) is 0 Å². The van der Waals surface area contributed by atoms with Gasteiger partial charge in [0.2, 0.25) is 0 Å². The Labute approximate surface area is 146 Å². The van der Waals surface area contributed by atoms with Gasteiger partial charge in [-0.2, -0.15) is 0 Å². The first-order valence-corrected chi connectivity index (χ1v) is 8.73. The highest BCUT2D eigenvalue weighted by atomic mass is 35.5. The van der Waals surface area contributed by atoms with Crippen molar-refractivity contribution in [3.8, 4) is 0 Å². The molecule has 1 aliphatic heterocycles. The molecule has 0 spiro atoms. The minimum Gasteiger partial charge on any atom is -0.378 e. The van der Waals surface area contributed by atoms with E-state index < -0.39 is 0 Å². The van der Waals surface area contributed by atoms with Crippen molar-refractivity contribution in [3.05, 3.63) is 0 Å². The third-order valence-corrected chi connectivity index (χ3v) is 5.26. The zero-order valence-corrected chi connectivity index (χ0v) is 15.7. The van der Waals surface area contributed by atoms with Crippen molar-refractivity contribution in [1.82, 2.24) is 4.90 Å². The first-order valence-electron chi connectivity index (χ1n) is 8.73. The van der Waals surface area contributed by atoms with Gasteiger partial charge in [0.05, 0.1) is 12.2 Å². The van der Waals surface area contributed by atoms with Gasteiger partial charge in [0, 0.05) is 31.2 Å². The number of rotatable bonds is 7. The fourth-order valence-electron chi connectivity index (χ4n) is 3.78. The van der Waals surface area contributed by atoms with Crippen LogP contribution >= 0.6 is 12.4 Å². The summed E-state index contributed by atoms with van der Waals surface area (Å²) in [7, 11) is 0. The number of halogens is 1. The summed E-state index contributed by atoms with van der Waals surface area (Å²) in [5, 5.41) is 0. The molecule has 1 saturated heterocycles. The van der Waals surface area contributed by atoms with Crippen molar-refractivity contribution >= 4 is 18.3 Å². The molecular weight excluding hydrogens is 316 g/mol. The molecule has 2 N–H and O–H groups in total. The molecule has 2 rings (SSSR count). The number of nitrogens with zero attached hydrogens (tertiary/aromatic N) is 1. The standard InChI is InChI=1S/C17H32N2O3.ClH/c1-5-9-19(14-10-15(21-6-2)17(14,3)4)16(20)13-8-7-12(11-18)22-13;/h12-15H,5-11,18H2,1-4H3;1H/t12-,13+,14?,15?;/m1./s1. The average Bonchev–Trinajstić information content (AvgIpc) is 2.98. The smallest absolute Gasteiger partial charge is 0.251 e. The molecular formula is C17H33ClN2O3. The molecule has 136 valence electrons. The van der Waals surface area contributed by atoms with E-state index in [1.165, 1.54) is 0 Å². The molecule has 6 heteroatoms. The van der Waals surface area contributed by atoms with Crippen LogP contribution in [0.25, 0.3) is 0 Å². The molecule has 0 aromatic heterocycles. The van der Waals surface area contributed by atoms with Crippen LogP contribution in [0.3, 0.4) is 0 Å². The second-order valence-corrected chi connectivity index (χ2v) is 7.11. The first-order chi connectivity index (χ1) is 10.5. The summed E-state index contributed by atoms with van der Waals surface area (Å²) >= 11 is 0. The lowest BCUT2D eigenvalue weighted by Gasteiger charge is -2.56. The normalized spacial score (nSPS) is 32.0. The maximum absolute atomic E-state index is 12.9. The minimum atomic E-state index is -0.304. The fraction of sp³-hybridized carbons (Fsp3) is 0.941. The predicted octanol–water partition coefficient (Wildman–Crippen LogP) is 2.36. The van der Waals surface area contributed by atoms with Gasteiger partial charge in [0.25, 0.3) is 5.91 Å². The van der Waals surface area contributed by atoms with Crippen molar-refractivity contribution in [3.63, 3.8) is 0 Å². The quantitative estimate of drug-likeness (QED) is 0.767. The van der Waals surface area contributed by atoms with Crippen LogP contribution in [0, 0.1) is 5.41 Å². The van der Waals surface area contributed by atoms with Gasteiger partial charge in [-0.25, -0.2) is 0 Å². The fourth-order valence-corrected chi connectivity index (χ4v) is 3.78. The molecule has 5 nitrogen and oxygen atoms in total. The number of hydrogen-bond acceptors (Lipinski definition) is 4. The molecule has 23 heavy (non-hydrogen) atoms. The number of nitrogens with two attached hydrogens (primary N) is 1. The van der Waals surface area contributed by atoms with Gasteiger partial charge in [0.15, 0.2) is 0 Å². The number of carbonyl (C=O) groups is 1. The number of amides is 1. The number of carbonyl (C=O) groups excluding carboxylic acids is 1. The Bertz CT molecular complexity index is 392. The first kappa shape index (κ1) is 20.7. The van der Waals surface area contributed by atoms with Gasteiger partial charge >= 0.3 is 0 Å². The highest BCUT2D eigenvalue weighted by molar-refractivity contribution is 5.85. The highest BCUT2D eigenvalue weighted by Crippen LogP contribution is 2.46. The summed E-state index contributed by atoms with van der Waals surface area (Å²) in [4.78, 5) is 14.9. The molecule has 1 amide bonds. The SMILES string of the molecule is CCCN(C(=O)[C@@H]1CC[C@H](CN)O1)C1CC(OCC)C1(C)C.Cl. The van der Waals surface area contributed by atoms with Gasteiger partial charge < -0.3 is 20.1 Å².